The summed E-state index contributed by atoms with van der Waals surface area (Å²) >= 11 is 0. The molecule has 0 unspecified atom stereocenters. The number of fused-ring (bicyclic) bond motifs is 1. The molecule has 0 radical (unpaired) electrons. The second-order valence-electron chi connectivity index (χ2n) is 8.60. The fraction of sp³-hybridized carbons (Fsp3) is 0.360. The number of ether oxygens (including phenoxy) is 2. The predicted molar refractivity (Wildman–Crippen MR) is 129 cm³/mol. The largest absolute Gasteiger partial charge is 0.490 e. The Kier molecular flexibility index (Phi) is 5.91. The topological polar surface area (TPSA) is 96.1 Å². The molecule has 34 heavy (non-hydrogen) atoms. The first kappa shape index (κ1) is 21.9. The van der Waals surface area contributed by atoms with Crippen LogP contribution in [-0.4, -0.2) is 50.8 Å². The van der Waals surface area contributed by atoms with E-state index in [1.165, 1.54) is 7.11 Å². The third-order valence-corrected chi connectivity index (χ3v) is 6.37. The Hall–Kier alpha value is -3.88. The van der Waals surface area contributed by atoms with Crippen LogP contribution in [-0.2, 0) is 11.8 Å². The summed E-state index contributed by atoms with van der Waals surface area (Å²) < 4.78 is 15.0. The number of nitrogens with zero attached hydrogens (tertiary/aromatic N) is 5. The SMILES string of the molecule is CNc1cc2c(cn1)c(-c1cnn(C)c1)nn2C1CCC(Oc2cccc(C(=O)OC)c2)CC1. The van der Waals surface area contributed by atoms with Crippen LogP contribution in [0.25, 0.3) is 22.2 Å². The van der Waals surface area contributed by atoms with Crippen LogP contribution in [0.15, 0.2) is 48.9 Å². The van der Waals surface area contributed by atoms with Crippen molar-refractivity contribution in [1.29, 1.82) is 0 Å². The number of carbonyl (C=O) groups excluding carboxylic acids is 1. The van der Waals surface area contributed by atoms with Crippen molar-refractivity contribution in [3.05, 3.63) is 54.5 Å². The van der Waals surface area contributed by atoms with E-state index in [2.05, 4.69) is 26.1 Å². The van der Waals surface area contributed by atoms with Crippen molar-refractivity contribution >= 4 is 22.7 Å². The molecule has 1 aliphatic rings. The molecule has 5 rings (SSSR count). The lowest BCUT2D eigenvalue weighted by atomic mass is 9.93. The van der Waals surface area contributed by atoms with Crippen LogP contribution in [0, 0.1) is 0 Å². The Morgan fingerprint density at radius 1 is 1.15 bits per heavy atom. The van der Waals surface area contributed by atoms with E-state index in [0.29, 0.717) is 11.3 Å². The monoisotopic (exact) mass is 460 g/mol. The predicted octanol–water partition coefficient (Wildman–Crippen LogP) is 4.22. The molecule has 176 valence electrons. The van der Waals surface area contributed by atoms with Crippen molar-refractivity contribution in [1.82, 2.24) is 24.5 Å². The van der Waals surface area contributed by atoms with E-state index >= 15 is 0 Å². The molecule has 0 atom stereocenters. The van der Waals surface area contributed by atoms with Crippen molar-refractivity contribution < 1.29 is 14.3 Å². The molecule has 0 aliphatic heterocycles. The number of aryl methyl sites for hydroxylation is 1. The molecule has 1 aromatic carbocycles. The van der Waals surface area contributed by atoms with Crippen molar-refractivity contribution in [3.63, 3.8) is 0 Å². The van der Waals surface area contributed by atoms with E-state index in [0.717, 1.165) is 53.7 Å². The number of hydrogen-bond acceptors (Lipinski definition) is 7. The number of carbonyl (C=O) groups is 1. The van der Waals surface area contributed by atoms with Gasteiger partial charge in [0.25, 0.3) is 0 Å². The van der Waals surface area contributed by atoms with Gasteiger partial charge >= 0.3 is 5.97 Å². The molecule has 0 bridgehead atoms. The maximum Gasteiger partial charge on any atom is 0.337 e. The summed E-state index contributed by atoms with van der Waals surface area (Å²) in [7, 11) is 5.16. The molecule has 1 N–H and O–H groups in total. The molecule has 1 fully saturated rings. The van der Waals surface area contributed by atoms with Gasteiger partial charge in [-0.05, 0) is 43.9 Å². The minimum Gasteiger partial charge on any atom is -0.490 e. The number of esters is 1. The molecule has 3 aromatic heterocycles. The third-order valence-electron chi connectivity index (χ3n) is 6.37. The molecule has 9 nitrogen and oxygen atoms in total. The lowest BCUT2D eigenvalue weighted by Gasteiger charge is -2.29. The van der Waals surface area contributed by atoms with Gasteiger partial charge in [0.2, 0.25) is 0 Å². The first-order chi connectivity index (χ1) is 16.6. The number of pyridine rings is 1. The number of methoxy groups -OCH3 is 1. The Balaban J connectivity index is 1.36. The molecule has 0 spiro atoms. The molecule has 9 heteroatoms. The lowest BCUT2D eigenvalue weighted by molar-refractivity contribution is 0.0599. The zero-order valence-electron chi connectivity index (χ0n) is 19.6. The van der Waals surface area contributed by atoms with Gasteiger partial charge in [-0.1, -0.05) is 6.07 Å². The molecule has 3 heterocycles. The Bertz CT molecular complexity index is 1320. The highest BCUT2D eigenvalue weighted by molar-refractivity contribution is 5.93. The highest BCUT2D eigenvalue weighted by Gasteiger charge is 2.27. The normalized spacial score (nSPS) is 18.1. The first-order valence-electron chi connectivity index (χ1n) is 11.5. The molecule has 0 amide bonds. The van der Waals surface area contributed by atoms with Crippen molar-refractivity contribution in [2.24, 2.45) is 7.05 Å². The summed E-state index contributed by atoms with van der Waals surface area (Å²) in [5.74, 6) is 1.15. The summed E-state index contributed by atoms with van der Waals surface area (Å²) in [5, 5.41) is 13.5. The summed E-state index contributed by atoms with van der Waals surface area (Å²) in [6.07, 6.45) is 9.50. The minimum atomic E-state index is -0.362. The fourth-order valence-electron chi connectivity index (χ4n) is 4.62. The average molecular weight is 461 g/mol. The van der Waals surface area contributed by atoms with Crippen LogP contribution in [0.3, 0.4) is 0 Å². The molecular weight excluding hydrogens is 432 g/mol. The molecule has 1 saturated carbocycles. The number of rotatable bonds is 6. The van der Waals surface area contributed by atoms with Crippen LogP contribution < -0.4 is 10.1 Å². The summed E-state index contributed by atoms with van der Waals surface area (Å²) in [6.45, 7) is 0. The van der Waals surface area contributed by atoms with Gasteiger partial charge in [0.05, 0.1) is 36.5 Å². The van der Waals surface area contributed by atoms with Gasteiger partial charge in [0, 0.05) is 43.5 Å². The Morgan fingerprint density at radius 3 is 2.68 bits per heavy atom. The number of hydrogen-bond donors (Lipinski definition) is 1. The Morgan fingerprint density at radius 2 is 1.97 bits per heavy atom. The van der Waals surface area contributed by atoms with Gasteiger partial charge < -0.3 is 14.8 Å². The molecule has 4 aromatic rings. The van der Waals surface area contributed by atoms with Crippen LogP contribution in [0.5, 0.6) is 5.75 Å². The van der Waals surface area contributed by atoms with Crippen LogP contribution in [0.2, 0.25) is 0 Å². The van der Waals surface area contributed by atoms with E-state index in [9.17, 15) is 4.79 Å². The maximum atomic E-state index is 11.8. The third kappa shape index (κ3) is 4.21. The number of benzene rings is 1. The quantitative estimate of drug-likeness (QED) is 0.430. The highest BCUT2D eigenvalue weighted by atomic mass is 16.5. The van der Waals surface area contributed by atoms with E-state index in [1.807, 2.05) is 44.8 Å². The number of anilines is 1. The second-order valence-corrected chi connectivity index (χ2v) is 8.60. The van der Waals surface area contributed by atoms with Crippen LogP contribution >= 0.6 is 0 Å². The number of aromatic nitrogens is 5. The average Bonchev–Trinajstić information content (AvgIpc) is 3.47. The van der Waals surface area contributed by atoms with Gasteiger partial charge in [-0.15, -0.1) is 0 Å². The smallest absolute Gasteiger partial charge is 0.337 e. The molecule has 0 saturated heterocycles. The van der Waals surface area contributed by atoms with Gasteiger partial charge in [-0.25, -0.2) is 9.78 Å². The van der Waals surface area contributed by atoms with Crippen molar-refractivity contribution in [2.45, 2.75) is 37.8 Å². The zero-order chi connectivity index (χ0) is 23.7. The molecule has 1 aliphatic carbocycles. The van der Waals surface area contributed by atoms with Gasteiger partial charge in [0.1, 0.15) is 17.3 Å². The maximum absolute atomic E-state index is 11.8. The van der Waals surface area contributed by atoms with E-state index < -0.39 is 0 Å². The summed E-state index contributed by atoms with van der Waals surface area (Å²) in [4.78, 5) is 16.3. The second kappa shape index (κ2) is 9.17. The fourth-order valence-corrected chi connectivity index (χ4v) is 4.62. The van der Waals surface area contributed by atoms with Crippen LogP contribution in [0.4, 0.5) is 5.82 Å². The van der Waals surface area contributed by atoms with Gasteiger partial charge in [0.15, 0.2) is 0 Å². The summed E-state index contributed by atoms with van der Waals surface area (Å²) in [6, 6.07) is 9.49. The Labute approximate surface area is 197 Å². The summed E-state index contributed by atoms with van der Waals surface area (Å²) in [5.41, 5.74) is 3.44. The van der Waals surface area contributed by atoms with E-state index in [-0.39, 0.29) is 18.1 Å². The standard InChI is InChI=1S/C25H28N6O3/c1-26-23-12-22-21(14-27-23)24(17-13-28-30(2)15-17)29-31(22)18-7-9-19(10-8-18)34-20-6-4-5-16(11-20)25(32)33-3/h4-6,11-15,18-19H,7-10H2,1-3H3,(H,26,27). The van der Waals surface area contributed by atoms with Gasteiger partial charge in [-0.2, -0.15) is 10.2 Å². The van der Waals surface area contributed by atoms with Crippen LogP contribution in [0.1, 0.15) is 42.1 Å². The van der Waals surface area contributed by atoms with E-state index in [1.54, 1.807) is 16.8 Å². The highest BCUT2D eigenvalue weighted by Crippen LogP contribution is 2.36. The minimum absolute atomic E-state index is 0.0957. The van der Waals surface area contributed by atoms with Gasteiger partial charge in [-0.3, -0.25) is 9.36 Å². The molecular formula is C25H28N6O3. The first-order valence-corrected chi connectivity index (χ1v) is 11.5. The van der Waals surface area contributed by atoms with Crippen molar-refractivity contribution in [3.8, 4) is 17.0 Å². The zero-order valence-corrected chi connectivity index (χ0v) is 19.6. The van der Waals surface area contributed by atoms with Crippen molar-refractivity contribution in [2.75, 3.05) is 19.5 Å². The lowest BCUT2D eigenvalue weighted by Crippen LogP contribution is -2.26. The van der Waals surface area contributed by atoms with E-state index in [4.69, 9.17) is 14.6 Å². The number of nitrogens with one attached hydrogen (secondary N) is 1.